The molecule has 1 atom stereocenters. The van der Waals surface area contributed by atoms with Crippen molar-refractivity contribution in [2.24, 2.45) is 0 Å². The van der Waals surface area contributed by atoms with Crippen LogP contribution in [0.1, 0.15) is 31.7 Å². The molecule has 1 unspecified atom stereocenters. The average Bonchev–Trinajstić information content (AvgIpc) is 2.47. The Hall–Kier alpha value is -1.19. The highest BCUT2D eigenvalue weighted by molar-refractivity contribution is 5.50. The summed E-state index contributed by atoms with van der Waals surface area (Å²) >= 11 is 0. The zero-order valence-electron chi connectivity index (χ0n) is 11.7. The van der Waals surface area contributed by atoms with Gasteiger partial charge in [0.15, 0.2) is 0 Å². The molecule has 0 amide bonds. The first-order valence-electron chi connectivity index (χ1n) is 7.24. The highest BCUT2D eigenvalue weighted by Crippen LogP contribution is 2.15. The van der Waals surface area contributed by atoms with Crippen LogP contribution in [-0.4, -0.2) is 36.4 Å². The van der Waals surface area contributed by atoms with Crippen LogP contribution in [0, 0.1) is 0 Å². The van der Waals surface area contributed by atoms with Crippen molar-refractivity contribution in [1.82, 2.24) is 10.2 Å². The SMILES string of the molecule is CC(CC=O)N1CCC(NCc2ccccc2)CC1. The van der Waals surface area contributed by atoms with Gasteiger partial charge in [0.05, 0.1) is 0 Å². The fourth-order valence-corrected chi connectivity index (χ4v) is 2.69. The van der Waals surface area contributed by atoms with E-state index in [0.717, 1.165) is 25.9 Å². The number of benzene rings is 1. The minimum Gasteiger partial charge on any atom is -0.310 e. The average molecular weight is 260 g/mol. The molecule has 0 radical (unpaired) electrons. The van der Waals surface area contributed by atoms with Gasteiger partial charge in [-0.1, -0.05) is 30.3 Å². The number of piperidine rings is 1. The highest BCUT2D eigenvalue weighted by atomic mass is 16.1. The number of rotatable bonds is 6. The van der Waals surface area contributed by atoms with Gasteiger partial charge in [0.2, 0.25) is 0 Å². The monoisotopic (exact) mass is 260 g/mol. The van der Waals surface area contributed by atoms with Crippen LogP contribution in [0.25, 0.3) is 0 Å². The van der Waals surface area contributed by atoms with Crippen LogP contribution in [0.2, 0.25) is 0 Å². The first kappa shape index (κ1) is 14.2. The number of hydrogen-bond donors (Lipinski definition) is 1. The Kier molecular flexibility index (Phi) is 5.55. The Morgan fingerprint density at radius 3 is 2.63 bits per heavy atom. The predicted molar refractivity (Wildman–Crippen MR) is 78.0 cm³/mol. The van der Waals surface area contributed by atoms with Gasteiger partial charge in [-0.05, 0) is 38.4 Å². The summed E-state index contributed by atoms with van der Waals surface area (Å²) < 4.78 is 0. The summed E-state index contributed by atoms with van der Waals surface area (Å²) in [6.07, 6.45) is 4.04. The maximum Gasteiger partial charge on any atom is 0.121 e. The van der Waals surface area contributed by atoms with Crippen LogP contribution in [0.3, 0.4) is 0 Å². The van der Waals surface area contributed by atoms with Crippen molar-refractivity contribution < 1.29 is 4.79 Å². The van der Waals surface area contributed by atoms with Crippen molar-refractivity contribution in [3.8, 4) is 0 Å². The quantitative estimate of drug-likeness (QED) is 0.796. The van der Waals surface area contributed by atoms with Crippen molar-refractivity contribution in [3.63, 3.8) is 0 Å². The third-order valence-electron chi connectivity index (χ3n) is 4.03. The number of carbonyl (C=O) groups is 1. The van der Waals surface area contributed by atoms with E-state index in [4.69, 9.17) is 0 Å². The molecule has 0 aromatic heterocycles. The summed E-state index contributed by atoms with van der Waals surface area (Å²) in [5.41, 5.74) is 1.35. The summed E-state index contributed by atoms with van der Waals surface area (Å²) in [6, 6.07) is 11.5. The fraction of sp³-hybridized carbons (Fsp3) is 0.562. The summed E-state index contributed by atoms with van der Waals surface area (Å²) in [4.78, 5) is 13.0. The Bertz CT molecular complexity index is 372. The van der Waals surface area contributed by atoms with Crippen molar-refractivity contribution >= 4 is 6.29 Å². The van der Waals surface area contributed by atoms with E-state index >= 15 is 0 Å². The Morgan fingerprint density at radius 2 is 2.00 bits per heavy atom. The number of carbonyl (C=O) groups excluding carboxylic acids is 1. The summed E-state index contributed by atoms with van der Waals surface area (Å²) in [5.74, 6) is 0. The molecular weight excluding hydrogens is 236 g/mol. The molecule has 1 heterocycles. The van der Waals surface area contributed by atoms with Crippen LogP contribution in [0.15, 0.2) is 30.3 Å². The molecule has 104 valence electrons. The smallest absolute Gasteiger partial charge is 0.121 e. The highest BCUT2D eigenvalue weighted by Gasteiger charge is 2.21. The van der Waals surface area contributed by atoms with E-state index in [-0.39, 0.29) is 0 Å². The van der Waals surface area contributed by atoms with Crippen LogP contribution in [-0.2, 0) is 11.3 Å². The molecule has 0 aliphatic carbocycles. The molecular formula is C16H24N2O. The third kappa shape index (κ3) is 4.44. The van der Waals surface area contributed by atoms with Gasteiger partial charge in [-0.3, -0.25) is 0 Å². The molecule has 1 N–H and O–H groups in total. The van der Waals surface area contributed by atoms with Crippen molar-refractivity contribution in [2.45, 2.75) is 44.8 Å². The van der Waals surface area contributed by atoms with Gasteiger partial charge in [0.1, 0.15) is 6.29 Å². The van der Waals surface area contributed by atoms with E-state index in [2.05, 4.69) is 47.5 Å². The van der Waals surface area contributed by atoms with Crippen LogP contribution < -0.4 is 5.32 Å². The summed E-state index contributed by atoms with van der Waals surface area (Å²) in [6.45, 7) is 5.30. The van der Waals surface area contributed by atoms with E-state index < -0.39 is 0 Å². The summed E-state index contributed by atoms with van der Waals surface area (Å²) in [5, 5.41) is 3.63. The molecule has 0 bridgehead atoms. The van der Waals surface area contributed by atoms with Crippen molar-refractivity contribution in [3.05, 3.63) is 35.9 Å². The van der Waals surface area contributed by atoms with Crippen LogP contribution in [0.5, 0.6) is 0 Å². The van der Waals surface area contributed by atoms with Gasteiger partial charge < -0.3 is 15.0 Å². The molecule has 2 rings (SSSR count). The van der Waals surface area contributed by atoms with E-state index in [9.17, 15) is 4.79 Å². The lowest BCUT2D eigenvalue weighted by Crippen LogP contribution is -2.45. The molecule has 1 aromatic rings. The molecule has 1 aliphatic heterocycles. The number of likely N-dealkylation sites (tertiary alicyclic amines) is 1. The zero-order valence-corrected chi connectivity index (χ0v) is 11.7. The molecule has 0 spiro atoms. The molecule has 1 fully saturated rings. The van der Waals surface area contributed by atoms with E-state index in [0.29, 0.717) is 18.5 Å². The van der Waals surface area contributed by atoms with Crippen LogP contribution in [0.4, 0.5) is 0 Å². The van der Waals surface area contributed by atoms with Crippen molar-refractivity contribution in [2.75, 3.05) is 13.1 Å². The van der Waals surface area contributed by atoms with Gasteiger partial charge in [0, 0.05) is 25.0 Å². The largest absolute Gasteiger partial charge is 0.310 e. The molecule has 1 aliphatic rings. The second-order valence-corrected chi connectivity index (χ2v) is 5.43. The number of nitrogens with one attached hydrogen (secondary N) is 1. The molecule has 1 saturated heterocycles. The zero-order chi connectivity index (χ0) is 13.5. The Labute approximate surface area is 116 Å². The molecule has 19 heavy (non-hydrogen) atoms. The van der Waals surface area contributed by atoms with Crippen LogP contribution >= 0.6 is 0 Å². The first-order valence-corrected chi connectivity index (χ1v) is 7.24. The topological polar surface area (TPSA) is 32.3 Å². The third-order valence-corrected chi connectivity index (χ3v) is 4.03. The first-order chi connectivity index (χ1) is 9.29. The number of nitrogens with zero attached hydrogens (tertiary/aromatic N) is 1. The Morgan fingerprint density at radius 1 is 1.32 bits per heavy atom. The predicted octanol–water partition coefficient (Wildman–Crippen LogP) is 2.22. The van der Waals surface area contributed by atoms with Gasteiger partial charge in [-0.15, -0.1) is 0 Å². The Balaban J connectivity index is 1.70. The van der Waals surface area contributed by atoms with Gasteiger partial charge in [-0.25, -0.2) is 0 Å². The maximum absolute atomic E-state index is 10.5. The second-order valence-electron chi connectivity index (χ2n) is 5.43. The molecule has 0 saturated carbocycles. The lowest BCUT2D eigenvalue weighted by molar-refractivity contribution is -0.108. The van der Waals surface area contributed by atoms with E-state index in [1.807, 2.05) is 0 Å². The lowest BCUT2D eigenvalue weighted by Gasteiger charge is -2.35. The number of aldehydes is 1. The normalized spacial score (nSPS) is 19.2. The maximum atomic E-state index is 10.5. The van der Waals surface area contributed by atoms with Gasteiger partial charge in [-0.2, -0.15) is 0 Å². The molecule has 3 nitrogen and oxygen atoms in total. The lowest BCUT2D eigenvalue weighted by atomic mass is 10.0. The van der Waals surface area contributed by atoms with E-state index in [1.165, 1.54) is 18.4 Å². The van der Waals surface area contributed by atoms with Gasteiger partial charge in [0.25, 0.3) is 0 Å². The van der Waals surface area contributed by atoms with Gasteiger partial charge >= 0.3 is 0 Å². The number of hydrogen-bond acceptors (Lipinski definition) is 3. The van der Waals surface area contributed by atoms with Crippen molar-refractivity contribution in [1.29, 1.82) is 0 Å². The fourth-order valence-electron chi connectivity index (χ4n) is 2.69. The summed E-state index contributed by atoms with van der Waals surface area (Å²) in [7, 11) is 0. The second kappa shape index (κ2) is 7.41. The molecule has 1 aromatic carbocycles. The minimum atomic E-state index is 0.396. The minimum absolute atomic E-state index is 0.396. The molecule has 3 heteroatoms. The standard InChI is InChI=1S/C16H24N2O/c1-14(9-12-19)18-10-7-16(8-11-18)17-13-15-5-3-2-4-6-15/h2-6,12,14,16-17H,7-11,13H2,1H3. The van der Waals surface area contributed by atoms with E-state index in [1.54, 1.807) is 0 Å².